The normalized spacial score (nSPS) is 15.0. The van der Waals surface area contributed by atoms with Crippen molar-refractivity contribution < 1.29 is 39.3 Å². The van der Waals surface area contributed by atoms with Crippen molar-refractivity contribution in [3.05, 3.63) is 102 Å². The molecule has 1 aliphatic heterocycles. The monoisotopic (exact) mass is 624 g/mol. The fourth-order valence-corrected chi connectivity index (χ4v) is 5.61. The van der Waals surface area contributed by atoms with Gasteiger partial charge in [-0.1, -0.05) is 83.0 Å². The molecule has 4 aromatic rings. The molecule has 2 N–H and O–H groups in total. The maximum Gasteiger partial charge on any atom is 0.303 e. The van der Waals surface area contributed by atoms with E-state index in [-0.39, 0.29) is 32.3 Å². The second kappa shape index (κ2) is 12.5. The first-order valence-electron chi connectivity index (χ1n) is 13.8. The number of nitrogens with zero attached hydrogens (tertiary/aromatic N) is 4. The van der Waals surface area contributed by atoms with E-state index in [1.165, 1.54) is 0 Å². The van der Waals surface area contributed by atoms with Gasteiger partial charge in [-0.3, -0.25) is 9.59 Å². The number of hydrogen-bond donors (Lipinski definition) is 2. The Morgan fingerprint density at radius 2 is 1.09 bits per heavy atom. The molecule has 0 aliphatic carbocycles. The molecule has 5 rings (SSSR count). The summed E-state index contributed by atoms with van der Waals surface area (Å²) in [6.45, 7) is 15.9. The smallest absolute Gasteiger partial charge is 0.303 e. The Kier molecular flexibility index (Phi) is 9.16. The molecule has 0 saturated carbocycles. The average molecular weight is 626 g/mol. The first-order chi connectivity index (χ1) is 20.0. The fraction of sp³-hybridized carbons (Fsp3) is 0.235. The largest absolute Gasteiger partial charge is 0.657 e. The van der Waals surface area contributed by atoms with Gasteiger partial charge in [-0.25, -0.2) is 0 Å². The molecule has 4 aromatic heterocycles. The third kappa shape index (κ3) is 5.95. The number of carbonyl (C=O) groups is 2. The molecule has 0 spiro atoms. The molecule has 5 heterocycles. The quantitative estimate of drug-likeness (QED) is 0.249. The number of aromatic nitrogens is 4. The van der Waals surface area contributed by atoms with Gasteiger partial charge >= 0.3 is 11.9 Å². The van der Waals surface area contributed by atoms with E-state index >= 15 is 0 Å². The van der Waals surface area contributed by atoms with Crippen molar-refractivity contribution in [1.82, 2.24) is 19.9 Å². The molecule has 8 bridgehead atoms. The molecule has 0 radical (unpaired) electrons. The molecular formula is C34H32N4O4Zn-4. The molecule has 0 amide bonds. The zero-order valence-corrected chi connectivity index (χ0v) is 27.9. The Hall–Kier alpha value is -4.36. The summed E-state index contributed by atoms with van der Waals surface area (Å²) in [6.07, 6.45) is 11.7. The zero-order chi connectivity index (χ0) is 30.3. The van der Waals surface area contributed by atoms with Crippen molar-refractivity contribution in [1.29, 1.82) is 0 Å². The molecular weight excluding hydrogens is 594 g/mol. The van der Waals surface area contributed by atoms with Crippen LogP contribution in [0.15, 0.2) is 13.2 Å². The van der Waals surface area contributed by atoms with Gasteiger partial charge in [0, 0.05) is 32.3 Å². The second-order valence-corrected chi connectivity index (χ2v) is 10.6. The third-order valence-electron chi connectivity index (χ3n) is 8.06. The van der Waals surface area contributed by atoms with E-state index < -0.39 is 11.9 Å². The molecule has 0 aromatic carbocycles. The first-order valence-corrected chi connectivity index (χ1v) is 13.8. The molecule has 0 saturated heterocycles. The van der Waals surface area contributed by atoms with E-state index in [9.17, 15) is 19.8 Å². The van der Waals surface area contributed by atoms with Gasteiger partial charge in [0.1, 0.15) is 0 Å². The van der Waals surface area contributed by atoms with E-state index in [1.807, 2.05) is 52.0 Å². The van der Waals surface area contributed by atoms with E-state index in [0.29, 0.717) is 40.3 Å². The summed E-state index contributed by atoms with van der Waals surface area (Å²) in [6, 6.07) is 0. The van der Waals surface area contributed by atoms with E-state index in [1.54, 1.807) is 12.2 Å². The molecule has 8 nitrogen and oxygen atoms in total. The molecule has 43 heavy (non-hydrogen) atoms. The van der Waals surface area contributed by atoms with E-state index in [2.05, 4.69) is 13.2 Å². The fourth-order valence-electron chi connectivity index (χ4n) is 5.61. The van der Waals surface area contributed by atoms with E-state index in [4.69, 9.17) is 19.9 Å². The second-order valence-electron chi connectivity index (χ2n) is 10.6. The number of aliphatic carboxylic acids is 2. The van der Waals surface area contributed by atoms with Crippen LogP contribution < -0.4 is 41.3 Å². The van der Waals surface area contributed by atoms with Crippen molar-refractivity contribution in [2.45, 2.75) is 53.4 Å². The summed E-state index contributed by atoms with van der Waals surface area (Å²) in [5, 5.41) is 21.7. The maximum atomic E-state index is 11.5. The summed E-state index contributed by atoms with van der Waals surface area (Å²) >= 11 is 0. The summed E-state index contributed by atoms with van der Waals surface area (Å²) in [4.78, 5) is 42.7. The summed E-state index contributed by atoms with van der Waals surface area (Å²) in [7, 11) is 0. The minimum absolute atomic E-state index is 0. The van der Waals surface area contributed by atoms with Crippen LogP contribution in [0, 0.1) is 27.7 Å². The van der Waals surface area contributed by atoms with Crippen molar-refractivity contribution in [3.63, 3.8) is 0 Å². The van der Waals surface area contributed by atoms with Crippen molar-refractivity contribution >= 4 is 48.4 Å². The van der Waals surface area contributed by atoms with Gasteiger partial charge in [0.15, 0.2) is 0 Å². The van der Waals surface area contributed by atoms with Crippen LogP contribution in [0.4, 0.5) is 0 Å². The minimum Gasteiger partial charge on any atom is -0.657 e. The van der Waals surface area contributed by atoms with Gasteiger partial charge in [0.05, 0.1) is 0 Å². The van der Waals surface area contributed by atoms with Gasteiger partial charge in [-0.2, -0.15) is 0 Å². The number of carboxylic acid groups (broad SMARTS) is 2. The zero-order valence-electron chi connectivity index (χ0n) is 24.9. The van der Waals surface area contributed by atoms with Crippen molar-refractivity contribution in [2.24, 2.45) is 0 Å². The predicted octanol–water partition coefficient (Wildman–Crippen LogP) is 1.70. The Labute approximate surface area is 262 Å². The molecule has 218 valence electrons. The van der Waals surface area contributed by atoms with Crippen molar-refractivity contribution in [3.8, 4) is 0 Å². The average Bonchev–Trinajstić information content (AvgIpc) is 3.59. The van der Waals surface area contributed by atoms with Crippen LogP contribution in [0.2, 0.25) is 0 Å². The molecule has 9 heteroatoms. The number of rotatable bonds is 8. The van der Waals surface area contributed by atoms with Gasteiger partial charge in [-0.15, -0.1) is 44.2 Å². The van der Waals surface area contributed by atoms with Crippen LogP contribution >= 0.6 is 0 Å². The minimum atomic E-state index is -0.898. The molecule has 1 aliphatic rings. The van der Waals surface area contributed by atoms with Gasteiger partial charge in [0.2, 0.25) is 0 Å². The maximum absolute atomic E-state index is 11.5. The Morgan fingerprint density at radius 3 is 1.72 bits per heavy atom. The summed E-state index contributed by atoms with van der Waals surface area (Å²) in [5.41, 5.74) is 9.84. The predicted molar refractivity (Wildman–Crippen MR) is 163 cm³/mol. The first kappa shape index (κ1) is 31.6. The van der Waals surface area contributed by atoms with Gasteiger partial charge < -0.3 is 30.1 Å². The van der Waals surface area contributed by atoms with Crippen LogP contribution in [0.1, 0.15) is 80.1 Å². The standard InChI is InChI=1S/C34H32N4O4.Zn/c1-7-21-17(3)25-13-26-19(5)23(9-11-33(39)40)31(37-26)16-32-24(10-12-34(41)42)20(6)28(38-32)15-30-22(8-2)18(4)27(36-30)14-29(21)35-25;/h7-8,13-16H,1-2,9-12H2,3-6H3,(H,39,40)(H,41,42);/q-4;/b25-13?,26-13-,27-14-,28-15?,29-14?,30-15-,31-16-,32-16?;. The number of fused-ring (bicyclic) bond motifs is 8. The van der Waals surface area contributed by atoms with Crippen LogP contribution in [0.5, 0.6) is 0 Å². The van der Waals surface area contributed by atoms with Crippen LogP contribution in [0.3, 0.4) is 0 Å². The van der Waals surface area contributed by atoms with E-state index in [0.717, 1.165) is 61.2 Å². The Balaban J connectivity index is 0.00000423. The van der Waals surface area contributed by atoms with Crippen LogP contribution in [-0.2, 0) is 41.9 Å². The molecule has 0 atom stereocenters. The topological polar surface area (TPSA) is 131 Å². The SMILES string of the molecule is C=Cc1c2[n-]c(c1C)/C=c1\[n-]/c(c(CCC(=O)O)c1C)=C\c1[n-]c(c(C)c1CCC(=O)O)/C=c1\[n-]/c(c(C)c1C=C)=C\2.[Zn]. The Morgan fingerprint density at radius 1 is 0.605 bits per heavy atom. The van der Waals surface area contributed by atoms with Crippen LogP contribution in [0.25, 0.3) is 36.5 Å². The molecule has 0 fully saturated rings. The molecule has 0 unspecified atom stereocenters. The number of hydrogen-bond acceptors (Lipinski definition) is 2. The van der Waals surface area contributed by atoms with Crippen molar-refractivity contribution in [2.75, 3.05) is 0 Å². The van der Waals surface area contributed by atoms with Gasteiger partial charge in [-0.05, 0) is 51.7 Å². The summed E-state index contributed by atoms with van der Waals surface area (Å²) in [5.74, 6) is -1.80. The number of carboxylic acids is 2. The third-order valence-corrected chi connectivity index (χ3v) is 8.06. The van der Waals surface area contributed by atoms with Gasteiger partial charge in [0.25, 0.3) is 0 Å². The summed E-state index contributed by atoms with van der Waals surface area (Å²) < 4.78 is 0. The Bertz CT molecular complexity index is 2030. The van der Waals surface area contributed by atoms with Crippen LogP contribution in [-0.4, -0.2) is 22.2 Å².